The van der Waals surface area contributed by atoms with Gasteiger partial charge in [0.2, 0.25) is 5.91 Å². The monoisotopic (exact) mass is 790 g/mol. The number of rotatable bonds is 46. The van der Waals surface area contributed by atoms with Crippen molar-refractivity contribution >= 4 is 5.91 Å². The van der Waals surface area contributed by atoms with Crippen molar-refractivity contribution < 1.29 is 20.1 Å². The Bertz CT molecular complexity index is 829. The van der Waals surface area contributed by atoms with Gasteiger partial charge in [0.15, 0.2) is 0 Å². The van der Waals surface area contributed by atoms with Crippen LogP contribution in [0.5, 0.6) is 0 Å². The summed E-state index contributed by atoms with van der Waals surface area (Å²) in [5.41, 5.74) is 0. The Balaban J connectivity index is 3.63. The first-order chi connectivity index (χ1) is 27.6. The summed E-state index contributed by atoms with van der Waals surface area (Å²) in [6.45, 7) is 4.20. The molecule has 0 aromatic carbocycles. The summed E-state index contributed by atoms with van der Waals surface area (Å²) < 4.78 is 0. The summed E-state index contributed by atoms with van der Waals surface area (Å²) in [6, 6.07) is -0.811. The molecule has 3 atom stereocenters. The van der Waals surface area contributed by atoms with Gasteiger partial charge in [0.1, 0.15) is 6.10 Å². The van der Waals surface area contributed by atoms with Crippen molar-refractivity contribution in [2.24, 2.45) is 0 Å². The van der Waals surface area contributed by atoms with Gasteiger partial charge in [-0.05, 0) is 32.1 Å². The van der Waals surface area contributed by atoms with Crippen LogP contribution >= 0.6 is 0 Å². The van der Waals surface area contributed by atoms with Crippen LogP contribution in [0.4, 0.5) is 0 Å². The number of amides is 1. The highest BCUT2D eigenvalue weighted by Gasteiger charge is 2.22. The van der Waals surface area contributed by atoms with Crippen molar-refractivity contribution in [2.75, 3.05) is 6.61 Å². The molecule has 1 amide bonds. The summed E-state index contributed by atoms with van der Waals surface area (Å²) >= 11 is 0. The van der Waals surface area contributed by atoms with Crippen molar-refractivity contribution in [3.63, 3.8) is 0 Å². The highest BCUT2D eigenvalue weighted by Crippen LogP contribution is 2.17. The molecule has 4 N–H and O–H groups in total. The lowest BCUT2D eigenvalue weighted by molar-refractivity contribution is -0.131. The number of aliphatic hydroxyl groups excluding tert-OH is 3. The predicted octanol–water partition coefficient (Wildman–Crippen LogP) is 14.9. The van der Waals surface area contributed by atoms with Crippen molar-refractivity contribution in [3.8, 4) is 0 Å². The van der Waals surface area contributed by atoms with Crippen LogP contribution in [0.15, 0.2) is 24.3 Å². The molecule has 0 aliphatic heterocycles. The third-order valence-corrected chi connectivity index (χ3v) is 11.8. The minimum atomic E-state index is -1.10. The molecule has 0 bridgehead atoms. The SMILES string of the molecule is CCCCCCCCCCCCCCCCC/C=C/CC/C=C/C(O)C(CO)NC(=O)C(O)CCCCCCCCCCCCCCCCCCCCCCC. The van der Waals surface area contributed by atoms with Crippen molar-refractivity contribution in [2.45, 2.75) is 289 Å². The molecule has 5 heteroatoms. The van der Waals surface area contributed by atoms with E-state index in [0.29, 0.717) is 6.42 Å². The van der Waals surface area contributed by atoms with Gasteiger partial charge in [0.05, 0.1) is 18.8 Å². The molecule has 0 saturated heterocycles. The van der Waals surface area contributed by atoms with E-state index in [1.807, 2.05) is 6.08 Å². The van der Waals surface area contributed by atoms with E-state index in [0.717, 1.165) is 38.5 Å². The summed E-state index contributed by atoms with van der Waals surface area (Å²) in [4.78, 5) is 12.5. The Kier molecular flexibility index (Phi) is 45.5. The van der Waals surface area contributed by atoms with Crippen LogP contribution in [0.2, 0.25) is 0 Å². The Morgan fingerprint density at radius 3 is 1.09 bits per heavy atom. The minimum Gasteiger partial charge on any atom is -0.394 e. The maximum atomic E-state index is 12.5. The van der Waals surface area contributed by atoms with Gasteiger partial charge in [-0.3, -0.25) is 4.79 Å². The van der Waals surface area contributed by atoms with Crippen LogP contribution in [-0.2, 0) is 4.79 Å². The zero-order chi connectivity index (χ0) is 40.8. The maximum Gasteiger partial charge on any atom is 0.249 e. The van der Waals surface area contributed by atoms with E-state index in [-0.39, 0.29) is 6.61 Å². The molecular formula is C51H99NO4. The van der Waals surface area contributed by atoms with E-state index in [1.165, 1.54) is 212 Å². The quantitative estimate of drug-likeness (QED) is 0.0365. The first-order valence-electron chi connectivity index (χ1n) is 25.2. The van der Waals surface area contributed by atoms with Gasteiger partial charge in [0, 0.05) is 0 Å². The number of aliphatic hydroxyl groups is 3. The Labute approximate surface area is 350 Å². The first-order valence-corrected chi connectivity index (χ1v) is 25.2. The standard InChI is InChI=1S/C51H99NO4/c1-3-5-7-9-11-13-15-17-19-21-23-25-27-29-31-33-35-37-39-41-43-45-49(54)48(47-53)52-51(56)50(55)46-44-42-40-38-36-34-32-30-28-26-24-22-20-18-16-14-12-10-8-6-4-2/h35,37,43,45,48-50,53-55H,3-34,36,38-42,44,46-47H2,1-2H3,(H,52,56)/b37-35+,45-43+. The van der Waals surface area contributed by atoms with Gasteiger partial charge in [0.25, 0.3) is 0 Å². The Morgan fingerprint density at radius 2 is 0.732 bits per heavy atom. The minimum absolute atomic E-state index is 0.373. The molecule has 0 aromatic heterocycles. The normalized spacial score (nSPS) is 13.6. The molecule has 0 heterocycles. The smallest absolute Gasteiger partial charge is 0.249 e. The fourth-order valence-corrected chi connectivity index (χ4v) is 7.85. The average molecular weight is 790 g/mol. The third kappa shape index (κ3) is 41.0. The van der Waals surface area contributed by atoms with Crippen molar-refractivity contribution in [1.82, 2.24) is 5.32 Å². The largest absolute Gasteiger partial charge is 0.394 e. The average Bonchev–Trinajstić information content (AvgIpc) is 3.20. The van der Waals surface area contributed by atoms with Gasteiger partial charge in [-0.25, -0.2) is 0 Å². The van der Waals surface area contributed by atoms with Crippen LogP contribution in [0.25, 0.3) is 0 Å². The second kappa shape index (κ2) is 46.5. The van der Waals surface area contributed by atoms with E-state index in [9.17, 15) is 20.1 Å². The van der Waals surface area contributed by atoms with E-state index in [4.69, 9.17) is 0 Å². The zero-order valence-corrected chi connectivity index (χ0v) is 37.8. The lowest BCUT2D eigenvalue weighted by Crippen LogP contribution is -2.48. The molecule has 0 rings (SSSR count). The summed E-state index contributed by atoms with van der Waals surface area (Å²) in [7, 11) is 0. The van der Waals surface area contributed by atoms with Crippen LogP contribution in [0.1, 0.15) is 271 Å². The number of carbonyl (C=O) groups excluding carboxylic acids is 1. The lowest BCUT2D eigenvalue weighted by Gasteiger charge is -2.21. The number of hydrogen-bond acceptors (Lipinski definition) is 4. The van der Waals surface area contributed by atoms with Gasteiger partial charge in [-0.15, -0.1) is 0 Å². The fraction of sp³-hybridized carbons (Fsp3) is 0.902. The summed E-state index contributed by atoms with van der Waals surface area (Å²) in [5, 5.41) is 33.2. The highest BCUT2D eigenvalue weighted by molar-refractivity contribution is 5.80. The molecule has 332 valence electrons. The van der Waals surface area contributed by atoms with Crippen molar-refractivity contribution in [3.05, 3.63) is 24.3 Å². The van der Waals surface area contributed by atoms with Gasteiger partial charge < -0.3 is 20.6 Å². The van der Waals surface area contributed by atoms with Crippen LogP contribution in [-0.4, -0.2) is 46.1 Å². The molecule has 0 spiro atoms. The second-order valence-corrected chi connectivity index (χ2v) is 17.4. The third-order valence-electron chi connectivity index (χ3n) is 11.8. The maximum absolute atomic E-state index is 12.5. The second-order valence-electron chi connectivity index (χ2n) is 17.4. The number of allylic oxidation sites excluding steroid dienone is 3. The fourth-order valence-electron chi connectivity index (χ4n) is 7.85. The number of hydrogen-bond donors (Lipinski definition) is 4. The molecular weight excluding hydrogens is 691 g/mol. The van der Waals surface area contributed by atoms with E-state index in [2.05, 4.69) is 31.3 Å². The van der Waals surface area contributed by atoms with Gasteiger partial charge in [-0.1, -0.05) is 263 Å². The molecule has 3 unspecified atom stereocenters. The molecule has 5 nitrogen and oxygen atoms in total. The first kappa shape index (κ1) is 54.8. The molecule has 0 radical (unpaired) electrons. The van der Waals surface area contributed by atoms with E-state index >= 15 is 0 Å². The Morgan fingerprint density at radius 1 is 0.429 bits per heavy atom. The summed E-state index contributed by atoms with van der Waals surface area (Å²) in [5.74, 6) is -0.508. The molecule has 0 saturated carbocycles. The molecule has 0 aromatic rings. The van der Waals surface area contributed by atoms with E-state index < -0.39 is 24.2 Å². The zero-order valence-electron chi connectivity index (χ0n) is 37.8. The predicted molar refractivity (Wildman–Crippen MR) is 245 cm³/mol. The molecule has 56 heavy (non-hydrogen) atoms. The summed E-state index contributed by atoms with van der Waals surface area (Å²) in [6.07, 6.45) is 58.0. The molecule has 0 aliphatic rings. The molecule has 0 fully saturated rings. The Hall–Kier alpha value is -1.17. The van der Waals surface area contributed by atoms with Crippen LogP contribution in [0.3, 0.4) is 0 Å². The lowest BCUT2D eigenvalue weighted by atomic mass is 10.0. The van der Waals surface area contributed by atoms with E-state index in [1.54, 1.807) is 6.08 Å². The molecule has 0 aliphatic carbocycles. The van der Waals surface area contributed by atoms with Crippen LogP contribution in [0, 0.1) is 0 Å². The van der Waals surface area contributed by atoms with Crippen LogP contribution < -0.4 is 5.32 Å². The number of nitrogens with one attached hydrogen (secondary N) is 1. The number of carbonyl (C=O) groups is 1. The van der Waals surface area contributed by atoms with Gasteiger partial charge >= 0.3 is 0 Å². The highest BCUT2D eigenvalue weighted by atomic mass is 16.3. The van der Waals surface area contributed by atoms with Crippen molar-refractivity contribution in [1.29, 1.82) is 0 Å². The number of unbranched alkanes of at least 4 members (excludes halogenated alkanes) is 36. The topological polar surface area (TPSA) is 89.8 Å². The van der Waals surface area contributed by atoms with Gasteiger partial charge in [-0.2, -0.15) is 0 Å².